The molecule has 2 N–H and O–H groups in total. The number of nitrogens with two attached hydrogens (primary N) is 1. The minimum atomic E-state index is 0.0474. The highest BCUT2D eigenvalue weighted by Crippen LogP contribution is 2.25. The van der Waals surface area contributed by atoms with Crippen molar-refractivity contribution in [3.8, 4) is 17.3 Å². The molecule has 0 saturated heterocycles. The summed E-state index contributed by atoms with van der Waals surface area (Å²) in [5.41, 5.74) is 6.53. The zero-order valence-corrected chi connectivity index (χ0v) is 10.5. The van der Waals surface area contributed by atoms with Gasteiger partial charge in [-0.15, -0.1) is 0 Å². The number of hydrogen-bond donors (Lipinski definition) is 1. The summed E-state index contributed by atoms with van der Waals surface area (Å²) < 4.78 is 10.3. The largest absolute Gasteiger partial charge is 0.480 e. The maximum absolute atomic E-state index is 5.85. The van der Waals surface area contributed by atoms with Gasteiger partial charge in [0.2, 0.25) is 5.88 Å². The van der Waals surface area contributed by atoms with Gasteiger partial charge in [0.25, 0.3) is 5.89 Å². The second-order valence-corrected chi connectivity index (χ2v) is 3.95. The Balaban J connectivity index is 2.24. The molecule has 0 radical (unpaired) electrons. The molecule has 1 unspecified atom stereocenters. The second kappa shape index (κ2) is 5.59. The van der Waals surface area contributed by atoms with Crippen LogP contribution < -0.4 is 10.5 Å². The van der Waals surface area contributed by atoms with Crippen LogP contribution in [0.3, 0.4) is 0 Å². The van der Waals surface area contributed by atoms with Gasteiger partial charge in [0.05, 0.1) is 7.11 Å². The summed E-state index contributed by atoms with van der Waals surface area (Å²) >= 11 is 0. The van der Waals surface area contributed by atoms with Gasteiger partial charge in [-0.25, -0.2) is 4.98 Å². The zero-order valence-electron chi connectivity index (χ0n) is 10.5. The molecule has 2 rings (SSSR count). The van der Waals surface area contributed by atoms with E-state index in [1.54, 1.807) is 19.4 Å². The van der Waals surface area contributed by atoms with Gasteiger partial charge in [0.1, 0.15) is 5.56 Å². The number of methoxy groups -OCH3 is 1. The van der Waals surface area contributed by atoms with E-state index < -0.39 is 0 Å². The average Bonchev–Trinajstić information content (AvgIpc) is 2.86. The molecular formula is C12H16N4O2. The van der Waals surface area contributed by atoms with Crippen molar-refractivity contribution in [1.82, 2.24) is 15.1 Å². The third-order valence-corrected chi connectivity index (χ3v) is 2.63. The Bertz CT molecular complexity index is 512. The first-order valence-corrected chi connectivity index (χ1v) is 5.82. The van der Waals surface area contributed by atoms with Crippen LogP contribution >= 0.6 is 0 Å². The average molecular weight is 248 g/mol. The van der Waals surface area contributed by atoms with Crippen molar-refractivity contribution in [2.75, 3.05) is 7.11 Å². The van der Waals surface area contributed by atoms with E-state index in [9.17, 15) is 0 Å². The van der Waals surface area contributed by atoms with Gasteiger partial charge in [0.15, 0.2) is 5.82 Å². The van der Waals surface area contributed by atoms with Crippen LogP contribution in [0.25, 0.3) is 11.5 Å². The van der Waals surface area contributed by atoms with Gasteiger partial charge < -0.3 is 15.0 Å². The smallest absolute Gasteiger partial charge is 0.263 e. The van der Waals surface area contributed by atoms with Crippen LogP contribution in [-0.4, -0.2) is 28.3 Å². The van der Waals surface area contributed by atoms with Gasteiger partial charge >= 0.3 is 0 Å². The van der Waals surface area contributed by atoms with Gasteiger partial charge in [-0.05, 0) is 18.6 Å². The normalized spacial score (nSPS) is 12.4. The van der Waals surface area contributed by atoms with Crippen LogP contribution in [0.15, 0.2) is 22.9 Å². The van der Waals surface area contributed by atoms with E-state index in [-0.39, 0.29) is 6.04 Å². The molecule has 2 aromatic rings. The topological polar surface area (TPSA) is 87.1 Å². The Morgan fingerprint density at radius 2 is 2.33 bits per heavy atom. The van der Waals surface area contributed by atoms with Crippen molar-refractivity contribution in [3.63, 3.8) is 0 Å². The van der Waals surface area contributed by atoms with Crippen LogP contribution in [0.4, 0.5) is 0 Å². The van der Waals surface area contributed by atoms with Crippen molar-refractivity contribution in [3.05, 3.63) is 24.2 Å². The predicted molar refractivity (Wildman–Crippen MR) is 66.1 cm³/mol. The summed E-state index contributed by atoms with van der Waals surface area (Å²) in [7, 11) is 1.55. The molecule has 0 aliphatic rings. The molecule has 2 heterocycles. The maximum atomic E-state index is 5.85. The first kappa shape index (κ1) is 12.5. The molecule has 0 fully saturated rings. The molecule has 0 amide bonds. The van der Waals surface area contributed by atoms with Crippen molar-refractivity contribution in [1.29, 1.82) is 0 Å². The van der Waals surface area contributed by atoms with E-state index >= 15 is 0 Å². The van der Waals surface area contributed by atoms with Gasteiger partial charge in [-0.1, -0.05) is 12.1 Å². The van der Waals surface area contributed by atoms with Crippen molar-refractivity contribution in [2.45, 2.75) is 25.8 Å². The Morgan fingerprint density at radius 3 is 3.06 bits per heavy atom. The molecule has 0 spiro atoms. The first-order chi connectivity index (χ1) is 8.74. The lowest BCUT2D eigenvalue weighted by atomic mass is 10.1. The molecule has 18 heavy (non-hydrogen) atoms. The first-order valence-electron chi connectivity index (χ1n) is 5.82. The minimum absolute atomic E-state index is 0.0474. The number of aromatic nitrogens is 3. The van der Waals surface area contributed by atoms with Gasteiger partial charge in [0, 0.05) is 18.7 Å². The fourth-order valence-corrected chi connectivity index (χ4v) is 1.54. The Labute approximate surface area is 105 Å². The molecule has 0 aromatic carbocycles. The Hall–Kier alpha value is -1.95. The summed E-state index contributed by atoms with van der Waals surface area (Å²) in [4.78, 5) is 8.38. The number of rotatable bonds is 5. The Kier molecular flexibility index (Phi) is 3.88. The molecule has 0 saturated carbocycles. The SMILES string of the molecule is CCC(N)Cc1noc(-c2cccnc2OC)n1. The van der Waals surface area contributed by atoms with E-state index in [1.807, 2.05) is 13.0 Å². The summed E-state index contributed by atoms with van der Waals surface area (Å²) in [6.45, 7) is 2.02. The fraction of sp³-hybridized carbons (Fsp3) is 0.417. The lowest BCUT2D eigenvalue weighted by molar-refractivity contribution is 0.390. The van der Waals surface area contributed by atoms with Crippen LogP contribution in [0.5, 0.6) is 5.88 Å². The van der Waals surface area contributed by atoms with Crippen molar-refractivity contribution >= 4 is 0 Å². The van der Waals surface area contributed by atoms with Gasteiger partial charge in [-0.3, -0.25) is 0 Å². The van der Waals surface area contributed by atoms with Crippen LogP contribution in [0, 0.1) is 0 Å². The van der Waals surface area contributed by atoms with E-state index in [2.05, 4.69) is 15.1 Å². The molecule has 0 bridgehead atoms. The molecule has 0 aliphatic carbocycles. The van der Waals surface area contributed by atoms with Crippen LogP contribution in [0.2, 0.25) is 0 Å². The highest BCUT2D eigenvalue weighted by Gasteiger charge is 2.15. The second-order valence-electron chi connectivity index (χ2n) is 3.95. The van der Waals surface area contributed by atoms with Crippen LogP contribution in [-0.2, 0) is 6.42 Å². The molecule has 0 aliphatic heterocycles. The predicted octanol–water partition coefficient (Wildman–Crippen LogP) is 1.42. The summed E-state index contributed by atoms with van der Waals surface area (Å²) in [5.74, 6) is 1.47. The molecule has 6 nitrogen and oxygen atoms in total. The molecule has 1 atom stereocenters. The third kappa shape index (κ3) is 2.65. The fourth-order valence-electron chi connectivity index (χ4n) is 1.54. The molecule has 2 aromatic heterocycles. The Morgan fingerprint density at radius 1 is 1.50 bits per heavy atom. The van der Waals surface area contributed by atoms with E-state index in [0.717, 1.165) is 6.42 Å². The third-order valence-electron chi connectivity index (χ3n) is 2.63. The highest BCUT2D eigenvalue weighted by molar-refractivity contribution is 5.59. The molecular weight excluding hydrogens is 232 g/mol. The molecule has 96 valence electrons. The van der Waals surface area contributed by atoms with Crippen molar-refractivity contribution < 1.29 is 9.26 Å². The molecule has 6 heteroatoms. The number of ether oxygens (including phenoxy) is 1. The van der Waals surface area contributed by atoms with E-state index in [4.69, 9.17) is 15.0 Å². The lowest BCUT2D eigenvalue weighted by Gasteiger charge is -2.03. The quantitative estimate of drug-likeness (QED) is 0.861. The van der Waals surface area contributed by atoms with Crippen molar-refractivity contribution in [2.24, 2.45) is 5.73 Å². The zero-order chi connectivity index (χ0) is 13.0. The van der Waals surface area contributed by atoms with Crippen LogP contribution in [0.1, 0.15) is 19.2 Å². The number of pyridine rings is 1. The highest BCUT2D eigenvalue weighted by atomic mass is 16.5. The summed E-state index contributed by atoms with van der Waals surface area (Å²) in [5, 5.41) is 3.91. The van der Waals surface area contributed by atoms with E-state index in [1.165, 1.54) is 0 Å². The standard InChI is InChI=1S/C12H16N4O2/c1-3-8(13)7-10-15-12(18-16-10)9-5-4-6-14-11(9)17-2/h4-6,8H,3,7,13H2,1-2H3. The number of hydrogen-bond acceptors (Lipinski definition) is 6. The van der Waals surface area contributed by atoms with E-state index in [0.29, 0.717) is 29.6 Å². The monoisotopic (exact) mass is 248 g/mol. The maximum Gasteiger partial charge on any atom is 0.263 e. The minimum Gasteiger partial charge on any atom is -0.480 e. The number of nitrogens with zero attached hydrogens (tertiary/aromatic N) is 3. The summed E-state index contributed by atoms with van der Waals surface area (Å²) in [6.07, 6.45) is 3.12. The van der Waals surface area contributed by atoms with Gasteiger partial charge in [-0.2, -0.15) is 4.98 Å². The summed E-state index contributed by atoms with van der Waals surface area (Å²) in [6, 6.07) is 3.66. The lowest BCUT2D eigenvalue weighted by Crippen LogP contribution is -2.21.